The fourth-order valence-corrected chi connectivity index (χ4v) is 9.32. The number of likely N-dealkylation sites (tertiary alicyclic amines) is 3. The lowest BCUT2D eigenvalue weighted by molar-refractivity contribution is -0.143. The number of amides is 2. The highest BCUT2D eigenvalue weighted by Crippen LogP contribution is 2.37. The standard InChI is InChI=1S/C25H33ClN4O4S3/c1-17-5-2-12-28(17)15-18-6-3-14-30(18)23(31)16-29-13-4-7-19(25(29)32)27-37(33,34)24-11-9-21(36-24)20-8-10-22(26)35-20/h8-11,17-19,27H,2-7,12-16H2,1H3/t17?,18-,19-/m0/s1. The van der Waals surface area contributed by atoms with E-state index in [4.69, 9.17) is 11.6 Å². The van der Waals surface area contributed by atoms with E-state index in [2.05, 4.69) is 16.5 Å². The van der Waals surface area contributed by atoms with E-state index in [1.54, 1.807) is 18.2 Å². The number of carbonyl (C=O) groups excluding carboxylic acids is 2. The lowest BCUT2D eigenvalue weighted by Gasteiger charge is -2.35. The normalized spacial score (nSPS) is 25.4. The molecule has 0 saturated carbocycles. The van der Waals surface area contributed by atoms with E-state index in [-0.39, 0.29) is 28.6 Å². The van der Waals surface area contributed by atoms with Crippen molar-refractivity contribution >= 4 is 56.1 Å². The van der Waals surface area contributed by atoms with Crippen molar-refractivity contribution in [3.63, 3.8) is 0 Å². The van der Waals surface area contributed by atoms with Crippen LogP contribution in [0.5, 0.6) is 0 Å². The van der Waals surface area contributed by atoms with E-state index in [0.29, 0.717) is 29.8 Å². The molecule has 2 aromatic heterocycles. The van der Waals surface area contributed by atoms with Gasteiger partial charge in [0, 0.05) is 41.5 Å². The number of piperidine rings is 1. The summed E-state index contributed by atoms with van der Waals surface area (Å²) in [7, 11) is -3.88. The Bertz CT molecular complexity index is 1250. The molecule has 2 aromatic rings. The van der Waals surface area contributed by atoms with Crippen molar-refractivity contribution in [1.29, 1.82) is 0 Å². The van der Waals surface area contributed by atoms with Crippen LogP contribution in [-0.2, 0) is 19.6 Å². The second-order valence-electron chi connectivity index (χ2n) is 10.2. The third-order valence-electron chi connectivity index (χ3n) is 7.65. The van der Waals surface area contributed by atoms with E-state index < -0.39 is 16.1 Å². The maximum absolute atomic E-state index is 13.2. The van der Waals surface area contributed by atoms with Crippen LogP contribution < -0.4 is 4.72 Å². The average Bonchev–Trinajstić information content (AvgIpc) is 3.65. The number of hydrogen-bond acceptors (Lipinski definition) is 7. The maximum Gasteiger partial charge on any atom is 0.250 e. The first kappa shape index (κ1) is 27.1. The number of hydrogen-bond donors (Lipinski definition) is 1. The summed E-state index contributed by atoms with van der Waals surface area (Å²) in [5.41, 5.74) is 0. The maximum atomic E-state index is 13.2. The number of rotatable bonds is 8. The smallest absolute Gasteiger partial charge is 0.250 e. The number of nitrogens with one attached hydrogen (secondary N) is 1. The van der Waals surface area contributed by atoms with Crippen LogP contribution in [0.2, 0.25) is 4.34 Å². The predicted octanol–water partition coefficient (Wildman–Crippen LogP) is 3.87. The molecule has 37 heavy (non-hydrogen) atoms. The van der Waals surface area contributed by atoms with E-state index in [1.807, 2.05) is 11.0 Å². The molecule has 202 valence electrons. The van der Waals surface area contributed by atoms with Crippen molar-refractivity contribution in [1.82, 2.24) is 19.4 Å². The van der Waals surface area contributed by atoms with Crippen LogP contribution in [0.25, 0.3) is 9.75 Å². The zero-order chi connectivity index (χ0) is 26.2. The summed E-state index contributed by atoms with van der Waals surface area (Å²) in [5, 5.41) is 0. The lowest BCUT2D eigenvalue weighted by Crippen LogP contribution is -2.55. The molecule has 0 aliphatic carbocycles. The lowest BCUT2D eigenvalue weighted by atomic mass is 10.1. The number of nitrogens with zero attached hydrogens (tertiary/aromatic N) is 3. The van der Waals surface area contributed by atoms with E-state index >= 15 is 0 Å². The molecule has 12 heteroatoms. The van der Waals surface area contributed by atoms with Crippen LogP contribution in [0.1, 0.15) is 45.4 Å². The van der Waals surface area contributed by atoms with Crippen LogP contribution in [0, 0.1) is 0 Å². The van der Waals surface area contributed by atoms with E-state index in [9.17, 15) is 18.0 Å². The van der Waals surface area contributed by atoms with Gasteiger partial charge in [0.2, 0.25) is 11.8 Å². The van der Waals surface area contributed by atoms with E-state index in [1.165, 1.54) is 29.1 Å². The highest BCUT2D eigenvalue weighted by atomic mass is 35.5. The van der Waals surface area contributed by atoms with Crippen LogP contribution in [0.15, 0.2) is 28.5 Å². The molecule has 1 N–H and O–H groups in total. The van der Waals surface area contributed by atoms with Gasteiger partial charge in [-0.25, -0.2) is 8.42 Å². The van der Waals surface area contributed by atoms with Gasteiger partial charge in [-0.1, -0.05) is 11.6 Å². The van der Waals surface area contributed by atoms with Gasteiger partial charge in [-0.05, 0) is 76.3 Å². The summed E-state index contributed by atoms with van der Waals surface area (Å²) in [6, 6.07) is 6.82. The quantitative estimate of drug-likeness (QED) is 0.509. The third kappa shape index (κ3) is 6.07. The Morgan fingerprint density at radius 1 is 1.03 bits per heavy atom. The number of thiophene rings is 2. The van der Waals surface area contributed by atoms with Gasteiger partial charge in [0.15, 0.2) is 0 Å². The Kier molecular flexibility index (Phi) is 8.28. The minimum atomic E-state index is -3.88. The van der Waals surface area contributed by atoms with Gasteiger partial charge in [0.05, 0.1) is 10.9 Å². The summed E-state index contributed by atoms with van der Waals surface area (Å²) in [6.45, 7) is 5.41. The summed E-state index contributed by atoms with van der Waals surface area (Å²) in [6.07, 6.45) is 5.44. The Morgan fingerprint density at radius 2 is 1.76 bits per heavy atom. The Morgan fingerprint density at radius 3 is 2.49 bits per heavy atom. The molecule has 3 aliphatic heterocycles. The van der Waals surface area contributed by atoms with Crippen molar-refractivity contribution in [3.8, 4) is 9.75 Å². The van der Waals surface area contributed by atoms with Crippen LogP contribution in [0.3, 0.4) is 0 Å². The van der Waals surface area contributed by atoms with E-state index in [0.717, 1.165) is 53.6 Å². The zero-order valence-electron chi connectivity index (χ0n) is 20.9. The molecular formula is C25H33ClN4O4S3. The van der Waals surface area contributed by atoms with Gasteiger partial charge in [0.25, 0.3) is 10.0 Å². The summed E-state index contributed by atoms with van der Waals surface area (Å²) in [5.74, 6) is -0.363. The molecule has 3 saturated heterocycles. The molecule has 8 nitrogen and oxygen atoms in total. The molecule has 3 aliphatic rings. The van der Waals surface area contributed by atoms with Gasteiger partial charge >= 0.3 is 0 Å². The largest absolute Gasteiger partial charge is 0.337 e. The minimum Gasteiger partial charge on any atom is -0.337 e. The average molecular weight is 585 g/mol. The SMILES string of the molecule is CC1CCCN1C[C@@H]1CCCN1C(=O)CN1CCC[C@H](NS(=O)(=O)c2ccc(-c3ccc(Cl)s3)s2)C1=O. The molecule has 1 unspecified atom stereocenters. The van der Waals surface area contributed by atoms with Gasteiger partial charge in [0.1, 0.15) is 10.3 Å². The van der Waals surface area contributed by atoms with Crippen molar-refractivity contribution < 1.29 is 18.0 Å². The van der Waals surface area contributed by atoms with Gasteiger partial charge in [-0.15, -0.1) is 22.7 Å². The first-order valence-electron chi connectivity index (χ1n) is 12.9. The van der Waals surface area contributed by atoms with Crippen LogP contribution in [0.4, 0.5) is 0 Å². The number of sulfonamides is 1. The Hall–Kier alpha value is -1.50. The first-order valence-corrected chi connectivity index (χ1v) is 16.4. The molecule has 3 atom stereocenters. The molecule has 5 rings (SSSR count). The van der Waals surface area contributed by atoms with Crippen molar-refractivity contribution in [2.45, 2.75) is 67.8 Å². The minimum absolute atomic E-state index is 0.00536. The fraction of sp³-hybridized carbons (Fsp3) is 0.600. The van der Waals surface area contributed by atoms with Gasteiger partial charge < -0.3 is 9.80 Å². The van der Waals surface area contributed by atoms with Gasteiger partial charge in [-0.3, -0.25) is 14.5 Å². The molecule has 3 fully saturated rings. The number of halogens is 1. The number of carbonyl (C=O) groups is 2. The molecule has 0 aromatic carbocycles. The molecular weight excluding hydrogens is 552 g/mol. The van der Waals surface area contributed by atoms with Crippen molar-refractivity contribution in [3.05, 3.63) is 28.6 Å². The highest BCUT2D eigenvalue weighted by Gasteiger charge is 2.37. The third-order valence-corrected chi connectivity index (χ3v) is 12.1. The predicted molar refractivity (Wildman–Crippen MR) is 148 cm³/mol. The molecule has 0 bridgehead atoms. The zero-order valence-corrected chi connectivity index (χ0v) is 24.1. The highest BCUT2D eigenvalue weighted by molar-refractivity contribution is 7.91. The second-order valence-corrected chi connectivity index (χ2v) is 14.9. The topological polar surface area (TPSA) is 90.0 Å². The summed E-state index contributed by atoms with van der Waals surface area (Å²) < 4.78 is 29.6. The summed E-state index contributed by atoms with van der Waals surface area (Å²) in [4.78, 5) is 34.1. The second kappa shape index (κ2) is 11.3. The fourth-order valence-electron chi connectivity index (χ4n) is 5.64. The first-order chi connectivity index (χ1) is 17.7. The Balaban J connectivity index is 1.20. The van der Waals surface area contributed by atoms with Gasteiger partial charge in [-0.2, -0.15) is 4.72 Å². The summed E-state index contributed by atoms with van der Waals surface area (Å²) >= 11 is 8.55. The molecule has 0 radical (unpaired) electrons. The van der Waals surface area contributed by atoms with Crippen molar-refractivity contribution in [2.75, 3.05) is 32.7 Å². The monoisotopic (exact) mass is 584 g/mol. The molecule has 5 heterocycles. The molecule has 0 spiro atoms. The van der Waals surface area contributed by atoms with Crippen molar-refractivity contribution in [2.24, 2.45) is 0 Å². The molecule has 2 amide bonds. The van der Waals surface area contributed by atoms with Crippen LogP contribution >= 0.6 is 34.3 Å². The Labute approximate surface area is 231 Å². The van der Waals surface area contributed by atoms with Crippen LogP contribution in [-0.4, -0.2) is 85.8 Å².